The van der Waals surface area contributed by atoms with Crippen LogP contribution in [0, 0.1) is 0 Å². The zero-order valence-electron chi connectivity index (χ0n) is 18.5. The largest absolute Gasteiger partial charge is 0.491 e. The third kappa shape index (κ3) is 7.40. The van der Waals surface area contributed by atoms with E-state index in [4.69, 9.17) is 4.74 Å². The number of rotatable bonds is 12. The molecule has 2 heterocycles. The van der Waals surface area contributed by atoms with Crippen LogP contribution in [-0.4, -0.2) is 94.7 Å². The van der Waals surface area contributed by atoms with E-state index in [1.54, 1.807) is 0 Å². The minimum atomic E-state index is -0.469. The van der Waals surface area contributed by atoms with E-state index in [-0.39, 0.29) is 0 Å². The van der Waals surface area contributed by atoms with Crippen molar-refractivity contribution in [2.75, 3.05) is 59.0 Å². The second-order valence-electron chi connectivity index (χ2n) is 7.99. The molecule has 30 heavy (non-hydrogen) atoms. The molecule has 1 N–H and O–H groups in total. The highest BCUT2D eigenvalue weighted by Crippen LogP contribution is 2.16. The minimum absolute atomic E-state index is 0.328. The van der Waals surface area contributed by atoms with Crippen LogP contribution in [-0.2, 0) is 13.1 Å². The lowest BCUT2D eigenvalue weighted by Crippen LogP contribution is -2.49. The van der Waals surface area contributed by atoms with Crippen molar-refractivity contribution in [3.8, 4) is 5.75 Å². The van der Waals surface area contributed by atoms with E-state index in [1.165, 1.54) is 5.56 Å². The summed E-state index contributed by atoms with van der Waals surface area (Å²) in [5.41, 5.74) is 1.22. The molecule has 0 saturated carbocycles. The molecule has 1 aromatic carbocycles. The van der Waals surface area contributed by atoms with Gasteiger partial charge in [-0.05, 0) is 36.9 Å². The summed E-state index contributed by atoms with van der Waals surface area (Å²) in [6.45, 7) is 14.4. The number of hydrogen-bond acceptors (Lipinski definition) is 6. The van der Waals surface area contributed by atoms with E-state index >= 15 is 0 Å². The van der Waals surface area contributed by atoms with Crippen molar-refractivity contribution in [2.24, 2.45) is 0 Å². The molecule has 1 aliphatic rings. The minimum Gasteiger partial charge on any atom is -0.491 e. The van der Waals surface area contributed by atoms with Crippen molar-refractivity contribution in [2.45, 2.75) is 33.0 Å². The van der Waals surface area contributed by atoms with Gasteiger partial charge in [-0.15, -0.1) is 0 Å². The standard InChI is InChI=1S/C23H37N5O2/c1-3-25-11-13-27(14-12-25)19-22(29)20-30-23-8-5-7-21(17-23)18-26(4-2)15-16-28-10-6-9-24-28/h5-10,17,22,29H,3-4,11-16,18-20H2,1-2H3. The number of aliphatic hydroxyl groups excluding tert-OH is 1. The average Bonchev–Trinajstić information content (AvgIpc) is 3.30. The first-order valence-corrected chi connectivity index (χ1v) is 11.2. The number of piperazine rings is 1. The molecule has 0 radical (unpaired) electrons. The number of aliphatic hydroxyl groups is 1. The Morgan fingerprint density at radius 3 is 2.63 bits per heavy atom. The summed E-state index contributed by atoms with van der Waals surface area (Å²) in [5, 5.41) is 14.7. The Hall–Kier alpha value is -1.93. The van der Waals surface area contributed by atoms with Gasteiger partial charge in [-0.1, -0.05) is 26.0 Å². The Balaban J connectivity index is 1.41. The molecule has 7 nitrogen and oxygen atoms in total. The number of ether oxygens (including phenoxy) is 1. The fourth-order valence-electron chi connectivity index (χ4n) is 3.85. The van der Waals surface area contributed by atoms with Crippen LogP contribution in [0.4, 0.5) is 0 Å². The molecule has 0 amide bonds. The van der Waals surface area contributed by atoms with Crippen molar-refractivity contribution in [3.05, 3.63) is 48.3 Å². The lowest BCUT2D eigenvalue weighted by Gasteiger charge is -2.34. The molecule has 7 heteroatoms. The quantitative estimate of drug-likeness (QED) is 0.570. The molecule has 2 aromatic rings. The lowest BCUT2D eigenvalue weighted by molar-refractivity contribution is 0.0470. The topological polar surface area (TPSA) is 57.0 Å². The van der Waals surface area contributed by atoms with Gasteiger partial charge < -0.3 is 14.7 Å². The van der Waals surface area contributed by atoms with Crippen molar-refractivity contribution < 1.29 is 9.84 Å². The molecule has 0 bridgehead atoms. The highest BCUT2D eigenvalue weighted by atomic mass is 16.5. The molecule has 1 unspecified atom stereocenters. The Morgan fingerprint density at radius 2 is 1.93 bits per heavy atom. The molecule has 1 atom stereocenters. The Morgan fingerprint density at radius 1 is 1.13 bits per heavy atom. The highest BCUT2D eigenvalue weighted by Gasteiger charge is 2.18. The second kappa shape index (κ2) is 12.1. The SMILES string of the molecule is CCN1CCN(CC(O)COc2cccc(CN(CC)CCn3cccn3)c2)CC1. The first kappa shape index (κ1) is 22.7. The molecule has 1 fully saturated rings. The molecule has 1 aromatic heterocycles. The van der Waals surface area contributed by atoms with Crippen LogP contribution in [0.2, 0.25) is 0 Å². The second-order valence-corrected chi connectivity index (χ2v) is 7.99. The maximum atomic E-state index is 10.4. The summed E-state index contributed by atoms with van der Waals surface area (Å²) in [5.74, 6) is 0.825. The normalized spacial score (nSPS) is 16.8. The molecule has 1 aliphatic heterocycles. The number of hydrogen-bond donors (Lipinski definition) is 1. The summed E-state index contributed by atoms with van der Waals surface area (Å²) in [4.78, 5) is 7.17. The summed E-state index contributed by atoms with van der Waals surface area (Å²) in [6, 6.07) is 10.2. The first-order valence-electron chi connectivity index (χ1n) is 11.2. The molecular formula is C23H37N5O2. The smallest absolute Gasteiger partial charge is 0.119 e. The van der Waals surface area contributed by atoms with Crippen molar-refractivity contribution in [1.29, 1.82) is 0 Å². The molecule has 3 rings (SSSR count). The lowest BCUT2D eigenvalue weighted by atomic mass is 10.2. The fraction of sp³-hybridized carbons (Fsp3) is 0.609. The van der Waals surface area contributed by atoms with Crippen LogP contribution in [0.15, 0.2) is 42.7 Å². The maximum absolute atomic E-state index is 10.4. The van der Waals surface area contributed by atoms with Crippen LogP contribution in [0.1, 0.15) is 19.4 Å². The summed E-state index contributed by atoms with van der Waals surface area (Å²) < 4.78 is 7.87. The van der Waals surface area contributed by atoms with Gasteiger partial charge in [-0.2, -0.15) is 5.10 Å². The Labute approximate surface area is 180 Å². The van der Waals surface area contributed by atoms with Crippen LogP contribution in [0.25, 0.3) is 0 Å². The number of aromatic nitrogens is 2. The molecule has 0 spiro atoms. The molecule has 166 valence electrons. The van der Waals surface area contributed by atoms with Gasteiger partial charge in [0.2, 0.25) is 0 Å². The third-order valence-corrected chi connectivity index (χ3v) is 5.78. The Bertz CT molecular complexity index is 716. The summed E-state index contributed by atoms with van der Waals surface area (Å²) in [6.07, 6.45) is 3.34. The summed E-state index contributed by atoms with van der Waals surface area (Å²) >= 11 is 0. The monoisotopic (exact) mass is 415 g/mol. The Kier molecular flexibility index (Phi) is 9.14. The van der Waals surface area contributed by atoms with Crippen molar-refractivity contribution >= 4 is 0 Å². The van der Waals surface area contributed by atoms with Crippen LogP contribution >= 0.6 is 0 Å². The van der Waals surface area contributed by atoms with Gasteiger partial charge in [0.15, 0.2) is 0 Å². The summed E-state index contributed by atoms with van der Waals surface area (Å²) in [7, 11) is 0. The molecular weight excluding hydrogens is 378 g/mol. The van der Waals surface area contributed by atoms with Crippen LogP contribution < -0.4 is 4.74 Å². The van der Waals surface area contributed by atoms with Gasteiger partial charge in [0.1, 0.15) is 18.5 Å². The van der Waals surface area contributed by atoms with Crippen LogP contribution in [0.3, 0.4) is 0 Å². The van der Waals surface area contributed by atoms with Crippen molar-refractivity contribution in [1.82, 2.24) is 24.5 Å². The van der Waals surface area contributed by atoms with Gasteiger partial charge in [-0.3, -0.25) is 14.5 Å². The zero-order valence-corrected chi connectivity index (χ0v) is 18.5. The van der Waals surface area contributed by atoms with Gasteiger partial charge in [0, 0.05) is 58.2 Å². The van der Waals surface area contributed by atoms with E-state index in [0.717, 1.165) is 64.7 Å². The first-order chi connectivity index (χ1) is 14.7. The zero-order chi connectivity index (χ0) is 21.2. The van der Waals surface area contributed by atoms with E-state index in [9.17, 15) is 5.11 Å². The van der Waals surface area contributed by atoms with Crippen molar-refractivity contribution in [3.63, 3.8) is 0 Å². The van der Waals surface area contributed by atoms with E-state index in [1.807, 2.05) is 35.3 Å². The molecule has 1 saturated heterocycles. The van der Waals surface area contributed by atoms with Gasteiger partial charge in [0.05, 0.1) is 6.54 Å². The predicted molar refractivity (Wildman–Crippen MR) is 120 cm³/mol. The number of benzene rings is 1. The maximum Gasteiger partial charge on any atom is 0.119 e. The highest BCUT2D eigenvalue weighted by molar-refractivity contribution is 5.28. The van der Waals surface area contributed by atoms with E-state index in [2.05, 4.69) is 45.8 Å². The number of nitrogens with zero attached hydrogens (tertiary/aromatic N) is 5. The fourth-order valence-corrected chi connectivity index (χ4v) is 3.85. The van der Waals surface area contributed by atoms with E-state index < -0.39 is 6.10 Å². The van der Waals surface area contributed by atoms with Gasteiger partial charge in [0.25, 0.3) is 0 Å². The number of β-amino-alcohol motifs (C(OH)–C–C–N with tert-alkyl or cyclic N) is 1. The predicted octanol–water partition coefficient (Wildman–Crippen LogP) is 1.78. The van der Waals surface area contributed by atoms with Gasteiger partial charge >= 0.3 is 0 Å². The third-order valence-electron chi connectivity index (χ3n) is 5.78. The van der Waals surface area contributed by atoms with Crippen LogP contribution in [0.5, 0.6) is 5.75 Å². The number of likely N-dealkylation sites (N-methyl/N-ethyl adjacent to an activating group) is 2. The average molecular weight is 416 g/mol. The van der Waals surface area contributed by atoms with E-state index in [0.29, 0.717) is 13.2 Å². The van der Waals surface area contributed by atoms with Gasteiger partial charge in [-0.25, -0.2) is 0 Å². The molecule has 0 aliphatic carbocycles.